The van der Waals surface area contributed by atoms with Crippen LogP contribution in [0.15, 0.2) is 19.9 Å². The zero-order chi connectivity index (χ0) is 14.9. The van der Waals surface area contributed by atoms with Crippen LogP contribution in [-0.4, -0.2) is 25.5 Å². The second-order valence-electron chi connectivity index (χ2n) is 4.76. The van der Waals surface area contributed by atoms with Gasteiger partial charge in [0.05, 0.1) is 8.68 Å². The van der Waals surface area contributed by atoms with Crippen LogP contribution in [0.2, 0.25) is 0 Å². The van der Waals surface area contributed by atoms with Gasteiger partial charge in [0.25, 0.3) is 0 Å². The van der Waals surface area contributed by atoms with E-state index in [9.17, 15) is 8.42 Å². The minimum Gasteiger partial charge on any atom is -0.409 e. The van der Waals surface area contributed by atoms with Crippen LogP contribution in [0.1, 0.15) is 24.1 Å². The first-order valence-electron chi connectivity index (χ1n) is 6.11. The van der Waals surface area contributed by atoms with Gasteiger partial charge in [0.1, 0.15) is 5.84 Å². The number of hydrogen-bond donors (Lipinski definition) is 3. The summed E-state index contributed by atoms with van der Waals surface area (Å²) < 4.78 is 28.3. The van der Waals surface area contributed by atoms with E-state index in [0.29, 0.717) is 6.42 Å². The highest BCUT2D eigenvalue weighted by atomic mass is 79.9. The highest BCUT2D eigenvalue weighted by Gasteiger charge is 2.34. The molecule has 1 aliphatic carbocycles. The first kappa shape index (κ1) is 15.7. The van der Waals surface area contributed by atoms with E-state index in [1.54, 1.807) is 13.0 Å². The Morgan fingerprint density at radius 2 is 2.30 bits per heavy atom. The van der Waals surface area contributed by atoms with Gasteiger partial charge in [-0.1, -0.05) is 11.6 Å². The number of amidine groups is 1. The van der Waals surface area contributed by atoms with Crippen LogP contribution < -0.4 is 10.5 Å². The summed E-state index contributed by atoms with van der Waals surface area (Å²) in [5.74, 6) is -0.171. The van der Waals surface area contributed by atoms with Gasteiger partial charge in [-0.25, -0.2) is 13.1 Å². The molecule has 2 atom stereocenters. The molecule has 0 saturated heterocycles. The monoisotopic (exact) mass is 381 g/mol. The van der Waals surface area contributed by atoms with Gasteiger partial charge in [0.2, 0.25) is 10.0 Å². The third-order valence-corrected chi connectivity index (χ3v) is 6.75. The number of nitrogens with zero attached hydrogens (tertiary/aromatic N) is 1. The molecule has 0 aromatic carbocycles. The van der Waals surface area contributed by atoms with Crippen LogP contribution in [0.4, 0.5) is 0 Å². The van der Waals surface area contributed by atoms with E-state index in [1.807, 2.05) is 0 Å². The minimum atomic E-state index is -3.59. The van der Waals surface area contributed by atoms with Gasteiger partial charge < -0.3 is 10.9 Å². The number of thiophene rings is 1. The van der Waals surface area contributed by atoms with Gasteiger partial charge >= 0.3 is 0 Å². The second kappa shape index (κ2) is 6.00. The number of hydrogen-bond acceptors (Lipinski definition) is 5. The van der Waals surface area contributed by atoms with Gasteiger partial charge in [0.15, 0.2) is 0 Å². The van der Waals surface area contributed by atoms with Gasteiger partial charge in [0, 0.05) is 16.8 Å². The third kappa shape index (κ3) is 3.16. The van der Waals surface area contributed by atoms with Crippen molar-refractivity contribution < 1.29 is 13.6 Å². The molecule has 1 aromatic rings. The van der Waals surface area contributed by atoms with Crippen LogP contribution >= 0.6 is 27.3 Å². The fourth-order valence-electron chi connectivity index (χ4n) is 2.49. The summed E-state index contributed by atoms with van der Waals surface area (Å²) in [6.45, 7) is 1.76. The van der Waals surface area contributed by atoms with E-state index in [4.69, 9.17) is 10.9 Å². The topological polar surface area (TPSA) is 105 Å². The van der Waals surface area contributed by atoms with E-state index in [0.717, 1.165) is 21.5 Å². The van der Waals surface area contributed by atoms with E-state index in [1.165, 1.54) is 11.3 Å². The van der Waals surface area contributed by atoms with E-state index < -0.39 is 10.0 Å². The number of sulfonamides is 1. The summed E-state index contributed by atoms with van der Waals surface area (Å²) in [4.78, 5) is 1.00. The fourth-order valence-corrected chi connectivity index (χ4v) is 6.22. The maximum atomic E-state index is 12.4. The zero-order valence-corrected chi connectivity index (χ0v) is 14.1. The third-order valence-electron chi connectivity index (χ3n) is 3.45. The Labute approximate surface area is 130 Å². The van der Waals surface area contributed by atoms with Crippen LogP contribution in [-0.2, 0) is 10.0 Å². The van der Waals surface area contributed by atoms with Crippen molar-refractivity contribution in [2.45, 2.75) is 37.1 Å². The normalized spacial score (nSPS) is 24.2. The maximum absolute atomic E-state index is 12.4. The fraction of sp³-hybridized carbons (Fsp3) is 0.545. The van der Waals surface area contributed by atoms with Gasteiger partial charge in [-0.3, -0.25) is 0 Å². The summed E-state index contributed by atoms with van der Waals surface area (Å²) in [7, 11) is -3.59. The Balaban J connectivity index is 2.22. The molecule has 0 amide bonds. The molecule has 2 unspecified atom stereocenters. The Kier molecular flexibility index (Phi) is 4.73. The number of nitrogens with two attached hydrogens (primary N) is 1. The lowest BCUT2D eigenvalue weighted by Gasteiger charge is -2.19. The van der Waals surface area contributed by atoms with Crippen molar-refractivity contribution in [2.24, 2.45) is 16.8 Å². The summed E-state index contributed by atoms with van der Waals surface area (Å²) in [6.07, 6.45) is 2.25. The van der Waals surface area contributed by atoms with Crippen molar-refractivity contribution in [3.8, 4) is 0 Å². The Hall–Kier alpha value is -0.640. The lowest BCUT2D eigenvalue weighted by molar-refractivity contribution is 0.312. The summed E-state index contributed by atoms with van der Waals surface area (Å²) in [5.41, 5.74) is 5.62. The zero-order valence-electron chi connectivity index (χ0n) is 10.8. The Morgan fingerprint density at radius 1 is 1.60 bits per heavy atom. The quantitative estimate of drug-likeness (QED) is 0.321. The maximum Gasteiger partial charge on any atom is 0.241 e. The van der Waals surface area contributed by atoms with Gasteiger partial charge in [-0.05, 0) is 41.8 Å². The first-order chi connectivity index (χ1) is 9.35. The molecule has 1 aromatic heterocycles. The molecule has 1 fully saturated rings. The molecule has 1 aliphatic rings. The van der Waals surface area contributed by atoms with Gasteiger partial charge in [-0.2, -0.15) is 0 Å². The SMILES string of the molecule is Cc1sc(Br)cc1S(=O)(=O)NC1CCCC1C(N)=NO. The predicted molar refractivity (Wildman–Crippen MR) is 81.6 cm³/mol. The molecule has 0 bridgehead atoms. The molecule has 112 valence electrons. The number of oxime groups is 1. The van der Waals surface area contributed by atoms with Crippen molar-refractivity contribution in [2.75, 3.05) is 0 Å². The van der Waals surface area contributed by atoms with E-state index >= 15 is 0 Å². The molecule has 6 nitrogen and oxygen atoms in total. The molecule has 1 saturated carbocycles. The lowest BCUT2D eigenvalue weighted by atomic mass is 10.0. The van der Waals surface area contributed by atoms with Crippen molar-refractivity contribution in [3.63, 3.8) is 0 Å². The summed E-state index contributed by atoms with van der Waals surface area (Å²) in [5, 5.41) is 11.8. The standard InChI is InChI=1S/C11H16BrN3O3S2/c1-6-9(5-10(12)19-6)20(17,18)15-8-4-2-3-7(8)11(13)14-16/h5,7-8,15-16H,2-4H2,1H3,(H2,13,14). The van der Waals surface area contributed by atoms with Crippen LogP contribution in [0.25, 0.3) is 0 Å². The molecule has 1 heterocycles. The molecular weight excluding hydrogens is 366 g/mol. The highest BCUT2D eigenvalue weighted by Crippen LogP contribution is 2.32. The van der Waals surface area contributed by atoms with Crippen molar-refractivity contribution in [1.82, 2.24) is 4.72 Å². The molecule has 0 radical (unpaired) electrons. The second-order valence-corrected chi connectivity index (χ2v) is 9.08. The predicted octanol–water partition coefficient (Wildman–Crippen LogP) is 2.01. The van der Waals surface area contributed by atoms with E-state index in [2.05, 4.69) is 25.8 Å². The van der Waals surface area contributed by atoms with Crippen molar-refractivity contribution in [3.05, 3.63) is 14.7 Å². The average Bonchev–Trinajstić information content (AvgIpc) is 2.94. The number of halogens is 1. The van der Waals surface area contributed by atoms with Crippen LogP contribution in [0, 0.1) is 12.8 Å². The largest absolute Gasteiger partial charge is 0.409 e. The number of nitrogens with one attached hydrogen (secondary N) is 1. The van der Waals surface area contributed by atoms with Crippen molar-refractivity contribution >= 4 is 43.1 Å². The highest BCUT2D eigenvalue weighted by molar-refractivity contribution is 9.11. The molecule has 4 N–H and O–H groups in total. The number of rotatable bonds is 4. The number of aryl methyl sites for hydroxylation is 1. The molecule has 0 aliphatic heterocycles. The molecule has 9 heteroatoms. The minimum absolute atomic E-state index is 0.0819. The molecule has 0 spiro atoms. The van der Waals surface area contributed by atoms with Crippen LogP contribution in [0.5, 0.6) is 0 Å². The molecular formula is C11H16BrN3O3S2. The molecule has 20 heavy (non-hydrogen) atoms. The summed E-state index contributed by atoms with van der Waals surface area (Å²) in [6, 6.07) is 1.27. The summed E-state index contributed by atoms with van der Waals surface area (Å²) >= 11 is 4.66. The lowest BCUT2D eigenvalue weighted by Crippen LogP contribution is -2.42. The van der Waals surface area contributed by atoms with E-state index in [-0.39, 0.29) is 22.7 Å². The smallest absolute Gasteiger partial charge is 0.241 e. The average molecular weight is 382 g/mol. The Morgan fingerprint density at radius 3 is 2.85 bits per heavy atom. The Bertz CT molecular complexity index is 627. The van der Waals surface area contributed by atoms with Crippen LogP contribution in [0.3, 0.4) is 0 Å². The molecule has 2 rings (SSSR count). The van der Waals surface area contributed by atoms with Gasteiger partial charge in [-0.15, -0.1) is 11.3 Å². The van der Waals surface area contributed by atoms with Crippen molar-refractivity contribution in [1.29, 1.82) is 0 Å². The first-order valence-corrected chi connectivity index (χ1v) is 9.20.